The lowest BCUT2D eigenvalue weighted by atomic mass is 9.92. The van der Waals surface area contributed by atoms with Gasteiger partial charge in [-0.05, 0) is 42.5 Å². The lowest BCUT2D eigenvalue weighted by Crippen LogP contribution is -2.67. The zero-order chi connectivity index (χ0) is 19.7. The summed E-state index contributed by atoms with van der Waals surface area (Å²) < 4.78 is 13.3. The van der Waals surface area contributed by atoms with Crippen LogP contribution in [0.2, 0.25) is 0 Å². The van der Waals surface area contributed by atoms with E-state index in [4.69, 9.17) is 0 Å². The van der Waals surface area contributed by atoms with Gasteiger partial charge >= 0.3 is 0 Å². The number of rotatable bonds is 4. The zero-order valence-electron chi connectivity index (χ0n) is 15.1. The van der Waals surface area contributed by atoms with Crippen LogP contribution in [-0.4, -0.2) is 47.3 Å². The number of carbonyl (C=O) groups excluding carboxylic acids is 3. The molecule has 1 aromatic heterocycles. The number of thiophene rings is 1. The number of benzene rings is 1. The van der Waals surface area contributed by atoms with Crippen LogP contribution >= 0.6 is 11.3 Å². The topological polar surface area (TPSA) is 78.5 Å². The summed E-state index contributed by atoms with van der Waals surface area (Å²) in [6, 6.07) is 7.97. The summed E-state index contributed by atoms with van der Waals surface area (Å²) >= 11 is 1.56. The summed E-state index contributed by atoms with van der Waals surface area (Å²) in [7, 11) is 0. The van der Waals surface area contributed by atoms with Crippen molar-refractivity contribution in [2.24, 2.45) is 0 Å². The zero-order valence-corrected chi connectivity index (χ0v) is 15.9. The minimum Gasteiger partial charge on any atom is -0.349 e. The second-order valence-corrected chi connectivity index (χ2v) is 8.13. The van der Waals surface area contributed by atoms with Crippen LogP contribution in [-0.2, 0) is 16.0 Å². The fourth-order valence-corrected chi connectivity index (χ4v) is 4.56. The normalized spacial score (nSPS) is 24.5. The molecule has 0 aliphatic carbocycles. The maximum atomic E-state index is 13.3. The molecule has 28 heavy (non-hydrogen) atoms. The van der Waals surface area contributed by atoms with E-state index in [2.05, 4.69) is 10.6 Å². The van der Waals surface area contributed by atoms with E-state index in [1.807, 2.05) is 17.5 Å². The summed E-state index contributed by atoms with van der Waals surface area (Å²) in [5, 5.41) is 7.63. The second-order valence-electron chi connectivity index (χ2n) is 7.10. The van der Waals surface area contributed by atoms with Crippen molar-refractivity contribution in [3.8, 4) is 0 Å². The first-order valence-corrected chi connectivity index (χ1v) is 10.1. The Labute approximate surface area is 165 Å². The standard InChI is InChI=1S/C20H20FN3O3S/c21-13-4-1-3-12(9-13)18(25)22-14-6-7-24-17(10-14)19(26)23-16(20(24)27)11-15-5-2-8-28-15/h1-5,8-9,14,16-17H,6-7,10-11H2,(H,22,25)(H,23,26). The Hall–Kier alpha value is -2.74. The molecular formula is C20H20FN3O3S. The van der Waals surface area contributed by atoms with Crippen LogP contribution in [0.25, 0.3) is 0 Å². The molecule has 8 heteroatoms. The van der Waals surface area contributed by atoms with Gasteiger partial charge in [0, 0.05) is 29.4 Å². The lowest BCUT2D eigenvalue weighted by Gasteiger charge is -2.44. The molecule has 3 amide bonds. The van der Waals surface area contributed by atoms with Gasteiger partial charge in [-0.3, -0.25) is 14.4 Å². The van der Waals surface area contributed by atoms with Gasteiger partial charge in [0.25, 0.3) is 5.91 Å². The summed E-state index contributed by atoms with van der Waals surface area (Å²) in [6.07, 6.45) is 1.40. The van der Waals surface area contributed by atoms with Crippen LogP contribution in [0.5, 0.6) is 0 Å². The summed E-state index contributed by atoms with van der Waals surface area (Å²) in [6.45, 7) is 0.409. The Balaban J connectivity index is 1.40. The van der Waals surface area contributed by atoms with Gasteiger partial charge < -0.3 is 15.5 Å². The summed E-state index contributed by atoms with van der Waals surface area (Å²) in [4.78, 5) is 40.4. The Morgan fingerprint density at radius 3 is 2.89 bits per heavy atom. The van der Waals surface area contributed by atoms with Gasteiger partial charge in [-0.25, -0.2) is 4.39 Å². The molecule has 4 rings (SSSR count). The van der Waals surface area contributed by atoms with Gasteiger partial charge in [0.2, 0.25) is 11.8 Å². The monoisotopic (exact) mass is 401 g/mol. The number of halogens is 1. The number of fused-ring (bicyclic) bond motifs is 1. The molecule has 0 radical (unpaired) electrons. The number of amides is 3. The number of piperazine rings is 1. The molecule has 3 atom stereocenters. The fraction of sp³-hybridized carbons (Fsp3) is 0.350. The SMILES string of the molecule is O=C(NC1CCN2C(=O)C(Cc3cccs3)NC(=O)C2C1)c1cccc(F)c1. The van der Waals surface area contributed by atoms with Gasteiger partial charge in [-0.1, -0.05) is 12.1 Å². The largest absolute Gasteiger partial charge is 0.349 e. The van der Waals surface area contributed by atoms with Crippen molar-refractivity contribution in [1.29, 1.82) is 0 Å². The first kappa shape index (κ1) is 18.6. The predicted molar refractivity (Wildman–Crippen MR) is 102 cm³/mol. The molecule has 2 saturated heterocycles. The quantitative estimate of drug-likeness (QED) is 0.819. The number of carbonyl (C=O) groups is 3. The highest BCUT2D eigenvalue weighted by Gasteiger charge is 2.44. The van der Waals surface area contributed by atoms with Crippen LogP contribution in [0.4, 0.5) is 4.39 Å². The molecule has 1 aromatic carbocycles. The second kappa shape index (κ2) is 7.71. The van der Waals surface area contributed by atoms with E-state index in [9.17, 15) is 18.8 Å². The van der Waals surface area contributed by atoms with Crippen LogP contribution < -0.4 is 10.6 Å². The highest BCUT2D eigenvalue weighted by molar-refractivity contribution is 7.09. The minimum atomic E-state index is -0.585. The van der Waals surface area contributed by atoms with Crippen LogP contribution in [0.15, 0.2) is 41.8 Å². The van der Waals surface area contributed by atoms with Crippen molar-refractivity contribution in [3.63, 3.8) is 0 Å². The average molecular weight is 401 g/mol. The number of piperidine rings is 1. The number of hydrogen-bond acceptors (Lipinski definition) is 4. The van der Waals surface area contributed by atoms with Gasteiger partial charge in [-0.2, -0.15) is 0 Å². The smallest absolute Gasteiger partial charge is 0.251 e. The number of nitrogens with zero attached hydrogens (tertiary/aromatic N) is 1. The van der Waals surface area contributed by atoms with Gasteiger partial charge in [0.05, 0.1) is 0 Å². The molecule has 2 aromatic rings. The van der Waals surface area contributed by atoms with E-state index in [-0.39, 0.29) is 29.3 Å². The molecule has 6 nitrogen and oxygen atoms in total. The van der Waals surface area contributed by atoms with Crippen LogP contribution in [0, 0.1) is 5.82 Å². The molecule has 0 saturated carbocycles. The Morgan fingerprint density at radius 2 is 2.14 bits per heavy atom. The highest BCUT2D eigenvalue weighted by Crippen LogP contribution is 2.24. The number of nitrogens with one attached hydrogen (secondary N) is 2. The van der Waals surface area contributed by atoms with E-state index >= 15 is 0 Å². The molecule has 2 aliphatic heterocycles. The molecule has 2 fully saturated rings. The number of hydrogen-bond donors (Lipinski definition) is 2. The van der Waals surface area contributed by atoms with Gasteiger partial charge in [0.15, 0.2) is 0 Å². The van der Waals surface area contributed by atoms with Crippen molar-refractivity contribution < 1.29 is 18.8 Å². The van der Waals surface area contributed by atoms with E-state index in [1.54, 1.807) is 22.3 Å². The first-order valence-electron chi connectivity index (χ1n) is 9.21. The third-order valence-electron chi connectivity index (χ3n) is 5.21. The summed E-state index contributed by atoms with van der Waals surface area (Å²) in [5.74, 6) is -1.12. The van der Waals surface area contributed by atoms with Crippen LogP contribution in [0.1, 0.15) is 28.1 Å². The minimum absolute atomic E-state index is 0.0760. The molecular weight excluding hydrogens is 381 g/mol. The molecule has 2 aliphatic rings. The predicted octanol–water partition coefficient (Wildman–Crippen LogP) is 1.72. The average Bonchev–Trinajstić information content (AvgIpc) is 3.19. The Kier molecular flexibility index (Phi) is 5.13. The van der Waals surface area contributed by atoms with Crippen molar-refractivity contribution in [2.45, 2.75) is 37.4 Å². The highest BCUT2D eigenvalue weighted by atomic mass is 32.1. The molecule has 3 heterocycles. The summed E-state index contributed by atoms with van der Waals surface area (Å²) in [5.41, 5.74) is 0.239. The molecule has 3 unspecified atom stereocenters. The van der Waals surface area contributed by atoms with Crippen molar-refractivity contribution in [1.82, 2.24) is 15.5 Å². The third kappa shape index (κ3) is 3.77. The van der Waals surface area contributed by atoms with Crippen molar-refractivity contribution >= 4 is 29.1 Å². The van der Waals surface area contributed by atoms with Crippen molar-refractivity contribution in [3.05, 3.63) is 58.0 Å². The molecule has 0 bridgehead atoms. The Bertz CT molecular complexity index is 902. The maximum absolute atomic E-state index is 13.3. The maximum Gasteiger partial charge on any atom is 0.251 e. The van der Waals surface area contributed by atoms with E-state index < -0.39 is 17.9 Å². The van der Waals surface area contributed by atoms with Gasteiger partial charge in [-0.15, -0.1) is 11.3 Å². The first-order chi connectivity index (χ1) is 13.5. The van der Waals surface area contributed by atoms with Crippen LogP contribution in [0.3, 0.4) is 0 Å². The fourth-order valence-electron chi connectivity index (χ4n) is 3.81. The van der Waals surface area contributed by atoms with E-state index in [0.29, 0.717) is 25.8 Å². The van der Waals surface area contributed by atoms with E-state index in [1.165, 1.54) is 18.2 Å². The molecule has 0 spiro atoms. The molecule has 146 valence electrons. The Morgan fingerprint density at radius 1 is 1.29 bits per heavy atom. The third-order valence-corrected chi connectivity index (χ3v) is 6.11. The van der Waals surface area contributed by atoms with Crippen molar-refractivity contribution in [2.75, 3.05) is 6.54 Å². The van der Waals surface area contributed by atoms with Gasteiger partial charge in [0.1, 0.15) is 17.9 Å². The molecule has 2 N–H and O–H groups in total. The van der Waals surface area contributed by atoms with E-state index in [0.717, 1.165) is 4.88 Å². The lowest BCUT2D eigenvalue weighted by molar-refractivity contribution is -0.151.